The summed E-state index contributed by atoms with van der Waals surface area (Å²) in [5.41, 5.74) is 1.95. The summed E-state index contributed by atoms with van der Waals surface area (Å²) in [7, 11) is 0. The molecular formula is C14H21NO2. The second-order valence-corrected chi connectivity index (χ2v) is 4.09. The summed E-state index contributed by atoms with van der Waals surface area (Å²) < 4.78 is 0. The summed E-state index contributed by atoms with van der Waals surface area (Å²) in [6, 6.07) is 7.70. The van der Waals surface area contributed by atoms with E-state index in [1.807, 2.05) is 24.3 Å². The third-order valence-corrected chi connectivity index (χ3v) is 2.74. The maximum atomic E-state index is 11.7. The number of unbranched alkanes of at least 4 members (excludes halogenated alkanes) is 2. The van der Waals surface area contributed by atoms with Crippen LogP contribution in [0.4, 0.5) is 0 Å². The second kappa shape index (κ2) is 7.85. The maximum absolute atomic E-state index is 11.7. The highest BCUT2D eigenvalue weighted by Crippen LogP contribution is 2.05. The number of aliphatic hydroxyl groups is 1. The molecular weight excluding hydrogens is 214 g/mol. The fourth-order valence-corrected chi connectivity index (χ4v) is 1.61. The molecule has 1 aromatic rings. The van der Waals surface area contributed by atoms with E-state index in [4.69, 9.17) is 5.11 Å². The van der Waals surface area contributed by atoms with E-state index in [0.717, 1.165) is 25.7 Å². The van der Waals surface area contributed by atoms with Crippen LogP contribution in [0.5, 0.6) is 0 Å². The Hall–Kier alpha value is -1.35. The van der Waals surface area contributed by atoms with Gasteiger partial charge in [-0.1, -0.05) is 19.1 Å². The van der Waals surface area contributed by atoms with Crippen LogP contribution < -0.4 is 5.32 Å². The molecule has 0 fully saturated rings. The monoisotopic (exact) mass is 235 g/mol. The van der Waals surface area contributed by atoms with Crippen molar-refractivity contribution in [2.45, 2.75) is 32.6 Å². The number of carbonyl (C=O) groups is 1. The van der Waals surface area contributed by atoms with Gasteiger partial charge in [0.15, 0.2) is 0 Å². The van der Waals surface area contributed by atoms with Gasteiger partial charge in [-0.15, -0.1) is 0 Å². The number of aliphatic hydroxyl groups excluding tert-OH is 1. The third-order valence-electron chi connectivity index (χ3n) is 2.74. The summed E-state index contributed by atoms with van der Waals surface area (Å²) in [6.07, 6.45) is 3.66. The molecule has 1 aromatic carbocycles. The maximum Gasteiger partial charge on any atom is 0.251 e. The molecule has 0 spiro atoms. The van der Waals surface area contributed by atoms with Crippen molar-refractivity contribution in [1.29, 1.82) is 0 Å². The van der Waals surface area contributed by atoms with Crippen LogP contribution in [0.15, 0.2) is 24.3 Å². The summed E-state index contributed by atoms with van der Waals surface area (Å²) in [4.78, 5) is 11.7. The molecule has 0 saturated heterocycles. The first kappa shape index (κ1) is 13.7. The molecule has 94 valence electrons. The Balaban J connectivity index is 2.31. The normalized spacial score (nSPS) is 10.2. The number of nitrogens with one attached hydrogen (secondary N) is 1. The molecule has 0 radical (unpaired) electrons. The van der Waals surface area contributed by atoms with Crippen LogP contribution in [0.1, 0.15) is 42.1 Å². The lowest BCUT2D eigenvalue weighted by Gasteiger charge is -2.05. The van der Waals surface area contributed by atoms with Gasteiger partial charge in [0.1, 0.15) is 0 Å². The average Bonchev–Trinajstić information content (AvgIpc) is 2.38. The smallest absolute Gasteiger partial charge is 0.251 e. The minimum Gasteiger partial charge on any atom is -0.396 e. The van der Waals surface area contributed by atoms with Crippen LogP contribution in [-0.4, -0.2) is 24.2 Å². The lowest BCUT2D eigenvalue weighted by molar-refractivity contribution is 0.0953. The highest BCUT2D eigenvalue weighted by molar-refractivity contribution is 5.94. The van der Waals surface area contributed by atoms with E-state index in [9.17, 15) is 4.79 Å². The number of hydrogen-bond acceptors (Lipinski definition) is 2. The van der Waals surface area contributed by atoms with Gasteiger partial charge in [0.05, 0.1) is 0 Å². The largest absolute Gasteiger partial charge is 0.396 e. The molecule has 1 amide bonds. The van der Waals surface area contributed by atoms with Gasteiger partial charge in [-0.2, -0.15) is 0 Å². The first-order chi connectivity index (χ1) is 8.27. The second-order valence-electron chi connectivity index (χ2n) is 4.09. The molecule has 0 bridgehead atoms. The van der Waals surface area contributed by atoms with E-state index in [1.54, 1.807) is 0 Å². The quantitative estimate of drug-likeness (QED) is 0.711. The van der Waals surface area contributed by atoms with Crippen molar-refractivity contribution in [2.75, 3.05) is 13.2 Å². The number of benzene rings is 1. The van der Waals surface area contributed by atoms with Crippen LogP contribution in [0.3, 0.4) is 0 Å². The van der Waals surface area contributed by atoms with E-state index >= 15 is 0 Å². The fourth-order valence-electron chi connectivity index (χ4n) is 1.61. The standard InChI is InChI=1S/C14H21NO2/c1-2-12-6-8-13(9-7-12)14(17)15-10-4-3-5-11-16/h6-9,16H,2-5,10-11H2,1H3,(H,15,17). The lowest BCUT2D eigenvalue weighted by atomic mass is 10.1. The Morgan fingerprint density at radius 1 is 1.18 bits per heavy atom. The Bertz CT molecular complexity index is 333. The zero-order chi connectivity index (χ0) is 12.5. The van der Waals surface area contributed by atoms with E-state index in [-0.39, 0.29) is 12.5 Å². The van der Waals surface area contributed by atoms with E-state index in [0.29, 0.717) is 12.1 Å². The minimum absolute atomic E-state index is 0.0170. The predicted molar refractivity (Wildman–Crippen MR) is 69.1 cm³/mol. The van der Waals surface area contributed by atoms with Crippen molar-refractivity contribution >= 4 is 5.91 Å². The van der Waals surface area contributed by atoms with Gasteiger partial charge in [0.2, 0.25) is 0 Å². The molecule has 3 nitrogen and oxygen atoms in total. The van der Waals surface area contributed by atoms with Gasteiger partial charge in [0, 0.05) is 18.7 Å². The van der Waals surface area contributed by atoms with Gasteiger partial charge in [-0.05, 0) is 43.4 Å². The van der Waals surface area contributed by atoms with Crippen LogP contribution in [0, 0.1) is 0 Å². The summed E-state index contributed by atoms with van der Waals surface area (Å²) >= 11 is 0. The van der Waals surface area contributed by atoms with Crippen molar-refractivity contribution < 1.29 is 9.90 Å². The molecule has 1 rings (SSSR count). The molecule has 2 N–H and O–H groups in total. The van der Waals surface area contributed by atoms with Gasteiger partial charge < -0.3 is 10.4 Å². The van der Waals surface area contributed by atoms with Crippen molar-refractivity contribution in [1.82, 2.24) is 5.32 Å². The molecule has 0 aliphatic carbocycles. The molecule has 0 aromatic heterocycles. The molecule has 0 saturated carbocycles. The molecule has 3 heteroatoms. The topological polar surface area (TPSA) is 49.3 Å². The van der Waals surface area contributed by atoms with E-state index in [1.165, 1.54) is 5.56 Å². The third kappa shape index (κ3) is 5.00. The zero-order valence-corrected chi connectivity index (χ0v) is 10.4. The average molecular weight is 235 g/mol. The highest BCUT2D eigenvalue weighted by atomic mass is 16.2. The van der Waals surface area contributed by atoms with Crippen LogP contribution in [-0.2, 0) is 6.42 Å². The number of hydrogen-bond donors (Lipinski definition) is 2. The molecule has 0 heterocycles. The molecule has 0 aliphatic heterocycles. The van der Waals surface area contributed by atoms with Crippen molar-refractivity contribution in [2.24, 2.45) is 0 Å². The van der Waals surface area contributed by atoms with Crippen LogP contribution >= 0.6 is 0 Å². The number of rotatable bonds is 7. The van der Waals surface area contributed by atoms with Crippen LogP contribution in [0.25, 0.3) is 0 Å². The van der Waals surface area contributed by atoms with Crippen molar-refractivity contribution in [3.8, 4) is 0 Å². The zero-order valence-electron chi connectivity index (χ0n) is 10.4. The SMILES string of the molecule is CCc1ccc(C(=O)NCCCCCO)cc1. The van der Waals surface area contributed by atoms with Gasteiger partial charge in [-0.3, -0.25) is 4.79 Å². The number of aryl methyl sites for hydroxylation is 1. The van der Waals surface area contributed by atoms with E-state index in [2.05, 4.69) is 12.2 Å². The number of carbonyl (C=O) groups excluding carboxylic acids is 1. The van der Waals surface area contributed by atoms with Gasteiger partial charge >= 0.3 is 0 Å². The first-order valence-corrected chi connectivity index (χ1v) is 6.26. The predicted octanol–water partition coefficient (Wildman–Crippen LogP) is 2.14. The highest BCUT2D eigenvalue weighted by Gasteiger charge is 2.03. The Morgan fingerprint density at radius 3 is 2.47 bits per heavy atom. The molecule has 0 atom stereocenters. The fraction of sp³-hybridized carbons (Fsp3) is 0.500. The number of amides is 1. The summed E-state index contributed by atoms with van der Waals surface area (Å²) in [6.45, 7) is 3.00. The Morgan fingerprint density at radius 2 is 1.88 bits per heavy atom. The van der Waals surface area contributed by atoms with Gasteiger partial charge in [0.25, 0.3) is 5.91 Å². The summed E-state index contributed by atoms with van der Waals surface area (Å²) in [5, 5.41) is 11.5. The van der Waals surface area contributed by atoms with E-state index < -0.39 is 0 Å². The molecule has 17 heavy (non-hydrogen) atoms. The van der Waals surface area contributed by atoms with Crippen LogP contribution in [0.2, 0.25) is 0 Å². The minimum atomic E-state index is -0.0170. The molecule has 0 aliphatic rings. The Labute approximate surface area is 103 Å². The summed E-state index contributed by atoms with van der Waals surface area (Å²) in [5.74, 6) is -0.0170. The Kier molecular flexibility index (Phi) is 6.33. The van der Waals surface area contributed by atoms with Crippen molar-refractivity contribution in [3.05, 3.63) is 35.4 Å². The lowest BCUT2D eigenvalue weighted by Crippen LogP contribution is -2.24. The van der Waals surface area contributed by atoms with Crippen molar-refractivity contribution in [3.63, 3.8) is 0 Å². The van der Waals surface area contributed by atoms with Gasteiger partial charge in [-0.25, -0.2) is 0 Å². The first-order valence-electron chi connectivity index (χ1n) is 6.26. The molecule has 0 unspecified atom stereocenters.